The Bertz CT molecular complexity index is 883. The van der Waals surface area contributed by atoms with Crippen LogP contribution in [0.1, 0.15) is 11.3 Å². The average Bonchev–Trinajstić information content (AvgIpc) is 2.85. The molecule has 1 aliphatic carbocycles. The van der Waals surface area contributed by atoms with Gasteiger partial charge in [-0.05, 0) is 6.07 Å². The van der Waals surface area contributed by atoms with Crippen LogP contribution in [0.2, 0.25) is 0 Å². The van der Waals surface area contributed by atoms with Gasteiger partial charge in [0.2, 0.25) is 11.6 Å². The van der Waals surface area contributed by atoms with Gasteiger partial charge in [0.15, 0.2) is 11.5 Å². The van der Waals surface area contributed by atoms with Crippen molar-refractivity contribution in [3.63, 3.8) is 0 Å². The number of carbonyl (C=O) groups excluding carboxylic acids is 2. The van der Waals surface area contributed by atoms with E-state index in [0.717, 1.165) is 11.6 Å². The predicted octanol–water partition coefficient (Wildman–Crippen LogP) is 2.76. The summed E-state index contributed by atoms with van der Waals surface area (Å²) in [6, 6.07) is 7.23. The second-order valence-corrected chi connectivity index (χ2v) is 4.96. The zero-order valence-electron chi connectivity index (χ0n) is 11.6. The molecule has 2 aromatic rings. The number of allylic oxidation sites excluding steroid dienone is 3. The van der Waals surface area contributed by atoms with Crippen molar-refractivity contribution in [2.24, 2.45) is 0 Å². The van der Waals surface area contributed by atoms with Crippen LogP contribution in [-0.2, 0) is 16.0 Å². The van der Waals surface area contributed by atoms with Crippen LogP contribution in [-0.4, -0.2) is 26.8 Å². The summed E-state index contributed by atoms with van der Waals surface area (Å²) in [6.45, 7) is 3.67. The van der Waals surface area contributed by atoms with Crippen molar-refractivity contribution in [2.45, 2.75) is 6.42 Å². The number of hydrogen-bond acceptors (Lipinski definition) is 4. The molecule has 1 heterocycles. The largest absolute Gasteiger partial charge is 0.504 e. The quantitative estimate of drug-likeness (QED) is 0.600. The smallest absolute Gasteiger partial charge is 0.232 e. The fourth-order valence-electron chi connectivity index (χ4n) is 2.63. The van der Waals surface area contributed by atoms with Gasteiger partial charge >= 0.3 is 0 Å². The van der Waals surface area contributed by atoms with Crippen molar-refractivity contribution in [3.05, 3.63) is 65.8 Å². The molecule has 0 atom stereocenters. The molecule has 0 bridgehead atoms. The van der Waals surface area contributed by atoms with Crippen molar-refractivity contribution in [3.8, 4) is 0 Å². The van der Waals surface area contributed by atoms with Crippen LogP contribution < -0.4 is 0 Å². The van der Waals surface area contributed by atoms with E-state index in [4.69, 9.17) is 0 Å². The molecular weight excluding hydrogens is 282 g/mol. The number of Topliss-reactive ketones (excluding diaryl/α,β-unsaturated/α-hetero) is 1. The molecule has 5 heteroatoms. The maximum atomic E-state index is 12.3. The maximum absolute atomic E-state index is 12.3. The Hall–Kier alpha value is -3.08. The van der Waals surface area contributed by atoms with Crippen LogP contribution in [0.4, 0.5) is 0 Å². The molecule has 1 aromatic heterocycles. The molecule has 0 spiro atoms. The molecule has 22 heavy (non-hydrogen) atoms. The van der Waals surface area contributed by atoms with Gasteiger partial charge in [0.25, 0.3) is 0 Å². The van der Waals surface area contributed by atoms with Gasteiger partial charge in [-0.3, -0.25) is 9.59 Å². The summed E-state index contributed by atoms with van der Waals surface area (Å²) >= 11 is 0. The van der Waals surface area contributed by atoms with Gasteiger partial charge < -0.3 is 15.2 Å². The second kappa shape index (κ2) is 5.04. The minimum atomic E-state index is -0.790. The highest BCUT2D eigenvalue weighted by atomic mass is 16.3. The zero-order chi connectivity index (χ0) is 15.9. The Labute approximate surface area is 125 Å². The molecule has 0 radical (unpaired) electrons. The lowest BCUT2D eigenvalue weighted by atomic mass is 9.91. The van der Waals surface area contributed by atoms with Crippen molar-refractivity contribution >= 4 is 28.0 Å². The highest BCUT2D eigenvalue weighted by Gasteiger charge is 2.32. The zero-order valence-corrected chi connectivity index (χ0v) is 11.6. The van der Waals surface area contributed by atoms with Gasteiger partial charge in [-0.2, -0.15) is 0 Å². The summed E-state index contributed by atoms with van der Waals surface area (Å²) in [5.74, 6) is -2.89. The second-order valence-electron chi connectivity index (χ2n) is 4.96. The van der Waals surface area contributed by atoms with Crippen molar-refractivity contribution in [1.82, 2.24) is 4.98 Å². The fourth-order valence-corrected chi connectivity index (χ4v) is 2.63. The maximum Gasteiger partial charge on any atom is 0.232 e. The van der Waals surface area contributed by atoms with E-state index in [2.05, 4.69) is 11.6 Å². The summed E-state index contributed by atoms with van der Waals surface area (Å²) in [4.78, 5) is 27.1. The molecular formula is C17H13NO4. The molecule has 0 fully saturated rings. The van der Waals surface area contributed by atoms with Crippen LogP contribution >= 0.6 is 0 Å². The summed E-state index contributed by atoms with van der Waals surface area (Å²) in [5, 5.41) is 20.4. The summed E-state index contributed by atoms with van der Waals surface area (Å²) in [5.41, 5.74) is 1.66. The third-order valence-corrected chi connectivity index (χ3v) is 3.58. The van der Waals surface area contributed by atoms with E-state index in [-0.39, 0.29) is 5.57 Å². The van der Waals surface area contributed by atoms with Crippen LogP contribution in [0.3, 0.4) is 0 Å². The third kappa shape index (κ3) is 1.95. The first-order chi connectivity index (χ1) is 10.5. The monoisotopic (exact) mass is 295 g/mol. The van der Waals surface area contributed by atoms with E-state index in [0.29, 0.717) is 23.1 Å². The first-order valence-electron chi connectivity index (χ1n) is 6.68. The first-order valence-corrected chi connectivity index (χ1v) is 6.68. The van der Waals surface area contributed by atoms with Crippen LogP contribution in [0, 0.1) is 0 Å². The van der Waals surface area contributed by atoms with E-state index in [1.165, 1.54) is 0 Å². The molecule has 1 aromatic carbocycles. The Morgan fingerprint density at radius 1 is 1.18 bits per heavy atom. The van der Waals surface area contributed by atoms with Gasteiger partial charge in [0.1, 0.15) is 0 Å². The summed E-state index contributed by atoms with van der Waals surface area (Å²) in [7, 11) is 0. The molecule has 3 rings (SSSR count). The number of aliphatic hydroxyl groups is 2. The molecule has 0 aliphatic heterocycles. The molecule has 3 N–H and O–H groups in total. The van der Waals surface area contributed by atoms with Crippen LogP contribution in [0.5, 0.6) is 0 Å². The number of H-pyrrole nitrogens is 1. The number of para-hydroxylation sites is 1. The third-order valence-electron chi connectivity index (χ3n) is 3.58. The van der Waals surface area contributed by atoms with E-state index in [1.807, 2.05) is 12.1 Å². The molecule has 0 saturated heterocycles. The Morgan fingerprint density at radius 2 is 1.91 bits per heavy atom. The van der Waals surface area contributed by atoms with Crippen LogP contribution in [0.15, 0.2) is 54.5 Å². The molecule has 0 unspecified atom stereocenters. The lowest BCUT2D eigenvalue weighted by Crippen LogP contribution is -2.18. The number of aromatic nitrogens is 1. The average molecular weight is 295 g/mol. The molecule has 0 saturated carbocycles. The van der Waals surface area contributed by atoms with Crippen LogP contribution in [0.25, 0.3) is 16.5 Å². The standard InChI is InChI=1S/C17H13NO4/c1-2-5-11-14(9-6-3-4-7-10(9)18-11)15-16(21)12(19)8-13(20)17(15)22/h2-4,6-8,18-19,22H,1,5H2. The first kappa shape index (κ1) is 13.9. The van der Waals surface area contributed by atoms with E-state index in [9.17, 15) is 19.8 Å². The molecule has 0 amide bonds. The normalized spacial score (nSPS) is 15.4. The minimum Gasteiger partial charge on any atom is -0.504 e. The number of carbonyl (C=O) groups is 2. The lowest BCUT2D eigenvalue weighted by Gasteiger charge is -2.13. The summed E-state index contributed by atoms with van der Waals surface area (Å²) in [6.07, 6.45) is 2.80. The highest BCUT2D eigenvalue weighted by molar-refractivity contribution is 6.38. The SMILES string of the molecule is C=CCc1[nH]c2ccccc2c1C1=C(O)C(=O)C=C(O)C1=O. The van der Waals surface area contributed by atoms with Crippen molar-refractivity contribution in [1.29, 1.82) is 0 Å². The van der Waals surface area contributed by atoms with Gasteiger partial charge in [-0.25, -0.2) is 0 Å². The fraction of sp³-hybridized carbons (Fsp3) is 0.0588. The van der Waals surface area contributed by atoms with Gasteiger partial charge in [-0.1, -0.05) is 24.3 Å². The van der Waals surface area contributed by atoms with Gasteiger partial charge in [0.05, 0.1) is 5.57 Å². The predicted molar refractivity (Wildman–Crippen MR) is 82.5 cm³/mol. The topological polar surface area (TPSA) is 90.4 Å². The molecule has 5 nitrogen and oxygen atoms in total. The number of benzene rings is 1. The highest BCUT2D eigenvalue weighted by Crippen LogP contribution is 2.34. The number of ketones is 2. The molecule has 1 aliphatic rings. The van der Waals surface area contributed by atoms with E-state index < -0.39 is 23.1 Å². The Kier molecular flexibility index (Phi) is 3.18. The van der Waals surface area contributed by atoms with E-state index >= 15 is 0 Å². The number of aromatic amines is 1. The number of aliphatic hydroxyl groups excluding tert-OH is 2. The van der Waals surface area contributed by atoms with Crippen molar-refractivity contribution in [2.75, 3.05) is 0 Å². The number of hydrogen-bond donors (Lipinski definition) is 3. The molecule has 110 valence electrons. The Morgan fingerprint density at radius 3 is 2.64 bits per heavy atom. The van der Waals surface area contributed by atoms with Gasteiger partial charge in [0, 0.05) is 34.7 Å². The number of rotatable bonds is 3. The van der Waals surface area contributed by atoms with Crippen molar-refractivity contribution < 1.29 is 19.8 Å². The minimum absolute atomic E-state index is 0.181. The van der Waals surface area contributed by atoms with Gasteiger partial charge in [-0.15, -0.1) is 6.58 Å². The lowest BCUT2D eigenvalue weighted by molar-refractivity contribution is -0.117. The summed E-state index contributed by atoms with van der Waals surface area (Å²) < 4.78 is 0. The van der Waals surface area contributed by atoms with E-state index in [1.54, 1.807) is 18.2 Å². The Balaban J connectivity index is 2.35. The number of fused-ring (bicyclic) bond motifs is 1. The number of nitrogens with one attached hydrogen (secondary N) is 1.